The normalized spacial score (nSPS) is 24.2. The lowest BCUT2D eigenvalue weighted by atomic mass is 9.67. The van der Waals surface area contributed by atoms with Gasteiger partial charge in [0.15, 0.2) is 5.78 Å². The number of carbonyl (C=O) groups is 2. The molecule has 0 fully saturated rings. The van der Waals surface area contributed by atoms with Crippen molar-refractivity contribution in [1.29, 1.82) is 5.41 Å². The molecule has 0 saturated carbocycles. The zero-order chi connectivity index (χ0) is 16.9. The van der Waals surface area contributed by atoms with Gasteiger partial charge in [0.1, 0.15) is 0 Å². The van der Waals surface area contributed by atoms with Crippen LogP contribution in [-0.2, 0) is 11.8 Å². The summed E-state index contributed by atoms with van der Waals surface area (Å²) in [5, 5.41) is 17.5. The number of hydrogen-bond donors (Lipinski definition) is 2. The van der Waals surface area contributed by atoms with Crippen molar-refractivity contribution in [3.05, 3.63) is 34.4 Å². The van der Waals surface area contributed by atoms with E-state index in [1.807, 2.05) is 6.07 Å². The minimum Gasteiger partial charge on any atom is -0.396 e. The molecule has 1 aromatic rings. The lowest BCUT2D eigenvalue weighted by Gasteiger charge is -2.36. The Bertz CT molecular complexity index is 718. The van der Waals surface area contributed by atoms with E-state index in [2.05, 4.69) is 13.8 Å². The summed E-state index contributed by atoms with van der Waals surface area (Å²) in [6.07, 6.45) is 2.83. The molecule has 4 nitrogen and oxygen atoms in total. The molecule has 0 saturated heterocycles. The van der Waals surface area contributed by atoms with Crippen LogP contribution in [0.4, 0.5) is 0 Å². The van der Waals surface area contributed by atoms with Gasteiger partial charge in [-0.3, -0.25) is 9.59 Å². The SMILES string of the molecule is CC(CO)C1C(=N)C(=O)c2c(ccc3c2CCCC3(C)C)C1=O. The van der Waals surface area contributed by atoms with Gasteiger partial charge in [-0.2, -0.15) is 0 Å². The standard InChI is InChI=1S/C19H23NO3/c1-10(9-21)14-16(20)18(23)15-11-5-4-8-19(2,3)13(11)7-6-12(15)17(14)22/h6-7,10,14,20-21H,4-5,8-9H2,1-3H3. The average molecular weight is 313 g/mol. The number of aliphatic hydroxyl groups excluding tert-OH is 1. The Balaban J connectivity index is 2.21. The molecule has 2 N–H and O–H groups in total. The largest absolute Gasteiger partial charge is 0.396 e. The van der Waals surface area contributed by atoms with Crippen molar-refractivity contribution in [2.45, 2.75) is 45.4 Å². The van der Waals surface area contributed by atoms with Gasteiger partial charge < -0.3 is 10.5 Å². The Morgan fingerprint density at radius 3 is 2.70 bits per heavy atom. The Hall–Kier alpha value is -1.81. The summed E-state index contributed by atoms with van der Waals surface area (Å²) in [6.45, 7) is 5.82. The third kappa shape index (κ3) is 2.27. The van der Waals surface area contributed by atoms with Crippen molar-refractivity contribution in [3.8, 4) is 0 Å². The first-order valence-electron chi connectivity index (χ1n) is 8.24. The van der Waals surface area contributed by atoms with Gasteiger partial charge in [-0.05, 0) is 41.7 Å². The molecule has 122 valence electrons. The molecule has 23 heavy (non-hydrogen) atoms. The molecule has 2 aliphatic carbocycles. The number of benzene rings is 1. The van der Waals surface area contributed by atoms with Gasteiger partial charge in [0.05, 0.1) is 11.6 Å². The summed E-state index contributed by atoms with van der Waals surface area (Å²) in [5.41, 5.74) is 2.80. The topological polar surface area (TPSA) is 78.2 Å². The van der Waals surface area contributed by atoms with Crippen LogP contribution >= 0.6 is 0 Å². The fraction of sp³-hybridized carbons (Fsp3) is 0.526. The van der Waals surface area contributed by atoms with Gasteiger partial charge in [0.2, 0.25) is 5.78 Å². The first kappa shape index (κ1) is 16.1. The zero-order valence-electron chi connectivity index (χ0n) is 13.9. The molecular weight excluding hydrogens is 290 g/mol. The van der Waals surface area contributed by atoms with Crippen molar-refractivity contribution in [2.24, 2.45) is 11.8 Å². The average Bonchev–Trinajstić information content (AvgIpc) is 2.51. The number of carbonyl (C=O) groups excluding carboxylic acids is 2. The second kappa shape index (κ2) is 5.38. The summed E-state index contributed by atoms with van der Waals surface area (Å²) in [5.74, 6) is -1.77. The first-order valence-corrected chi connectivity index (χ1v) is 8.24. The molecule has 1 aromatic carbocycles. The van der Waals surface area contributed by atoms with Crippen molar-refractivity contribution < 1.29 is 14.7 Å². The number of aliphatic hydroxyl groups is 1. The highest BCUT2D eigenvalue weighted by atomic mass is 16.3. The monoisotopic (exact) mass is 313 g/mol. The minimum absolute atomic E-state index is 0.0105. The summed E-state index contributed by atoms with van der Waals surface area (Å²) in [6, 6.07) is 3.74. The van der Waals surface area contributed by atoms with Crippen molar-refractivity contribution >= 4 is 17.3 Å². The van der Waals surface area contributed by atoms with Crippen LogP contribution in [0.3, 0.4) is 0 Å². The third-order valence-corrected chi connectivity index (χ3v) is 5.46. The van der Waals surface area contributed by atoms with Crippen LogP contribution < -0.4 is 0 Å². The molecule has 0 aliphatic heterocycles. The van der Waals surface area contributed by atoms with Gasteiger partial charge in [0, 0.05) is 17.7 Å². The number of nitrogens with one attached hydrogen (secondary N) is 1. The Labute approximate surface area is 136 Å². The molecule has 3 rings (SSSR count). The molecule has 0 bridgehead atoms. The molecule has 0 radical (unpaired) electrons. The van der Waals surface area contributed by atoms with E-state index < -0.39 is 11.8 Å². The number of rotatable bonds is 2. The van der Waals surface area contributed by atoms with Crippen LogP contribution in [0.1, 0.15) is 65.5 Å². The van der Waals surface area contributed by atoms with Crippen LogP contribution in [0.25, 0.3) is 0 Å². The highest BCUT2D eigenvalue weighted by Gasteiger charge is 2.43. The van der Waals surface area contributed by atoms with Gasteiger partial charge in [-0.1, -0.05) is 32.9 Å². The molecular formula is C19H23NO3. The van der Waals surface area contributed by atoms with Crippen molar-refractivity contribution in [3.63, 3.8) is 0 Å². The van der Waals surface area contributed by atoms with Crippen LogP contribution in [0, 0.1) is 17.2 Å². The van der Waals surface area contributed by atoms with E-state index in [0.717, 1.165) is 30.4 Å². The Morgan fingerprint density at radius 1 is 1.35 bits per heavy atom. The van der Waals surface area contributed by atoms with Gasteiger partial charge in [-0.25, -0.2) is 0 Å². The second-order valence-electron chi connectivity index (χ2n) is 7.50. The van der Waals surface area contributed by atoms with E-state index >= 15 is 0 Å². The Morgan fingerprint density at radius 2 is 2.04 bits per heavy atom. The summed E-state index contributed by atoms with van der Waals surface area (Å²) in [4.78, 5) is 25.6. The van der Waals surface area contributed by atoms with Gasteiger partial charge in [0.25, 0.3) is 0 Å². The molecule has 2 aliphatic rings. The minimum atomic E-state index is -0.824. The predicted molar refractivity (Wildman–Crippen MR) is 88.5 cm³/mol. The molecule has 0 amide bonds. The number of fused-ring (bicyclic) bond motifs is 3. The molecule has 2 atom stereocenters. The van der Waals surface area contributed by atoms with E-state index in [0.29, 0.717) is 11.1 Å². The summed E-state index contributed by atoms with van der Waals surface area (Å²) in [7, 11) is 0. The lowest BCUT2D eigenvalue weighted by molar-refractivity contribution is 0.0860. The number of hydrogen-bond acceptors (Lipinski definition) is 4. The van der Waals surface area contributed by atoms with E-state index in [1.165, 1.54) is 0 Å². The summed E-state index contributed by atoms with van der Waals surface area (Å²) >= 11 is 0. The molecule has 2 unspecified atom stereocenters. The molecule has 4 heteroatoms. The maximum absolute atomic E-state index is 12.8. The lowest BCUT2D eigenvalue weighted by Crippen LogP contribution is -2.42. The van der Waals surface area contributed by atoms with E-state index in [1.54, 1.807) is 13.0 Å². The summed E-state index contributed by atoms with van der Waals surface area (Å²) < 4.78 is 0. The maximum atomic E-state index is 12.8. The fourth-order valence-electron chi connectivity index (χ4n) is 4.07. The van der Waals surface area contributed by atoms with E-state index in [9.17, 15) is 14.7 Å². The van der Waals surface area contributed by atoms with E-state index in [-0.39, 0.29) is 29.3 Å². The number of ketones is 2. The van der Waals surface area contributed by atoms with Crippen molar-refractivity contribution in [2.75, 3.05) is 6.61 Å². The molecule has 0 aromatic heterocycles. The quantitative estimate of drug-likeness (QED) is 0.881. The van der Waals surface area contributed by atoms with Crippen molar-refractivity contribution in [1.82, 2.24) is 0 Å². The van der Waals surface area contributed by atoms with Gasteiger partial charge >= 0.3 is 0 Å². The third-order valence-electron chi connectivity index (χ3n) is 5.46. The Kier molecular flexibility index (Phi) is 3.75. The highest BCUT2D eigenvalue weighted by molar-refractivity contribution is 6.53. The second-order valence-corrected chi connectivity index (χ2v) is 7.50. The number of Topliss-reactive ketones (excluding diaryl/α,β-unsaturated/α-hetero) is 2. The fourth-order valence-corrected chi connectivity index (χ4v) is 4.07. The first-order chi connectivity index (χ1) is 10.8. The van der Waals surface area contributed by atoms with Crippen LogP contribution in [0.15, 0.2) is 12.1 Å². The van der Waals surface area contributed by atoms with Crippen LogP contribution in [-0.4, -0.2) is 29.0 Å². The van der Waals surface area contributed by atoms with E-state index in [4.69, 9.17) is 5.41 Å². The zero-order valence-corrected chi connectivity index (χ0v) is 13.9. The smallest absolute Gasteiger partial charge is 0.208 e. The maximum Gasteiger partial charge on any atom is 0.208 e. The highest BCUT2D eigenvalue weighted by Crippen LogP contribution is 2.41. The molecule has 0 spiro atoms. The van der Waals surface area contributed by atoms with Crippen LogP contribution in [0.5, 0.6) is 0 Å². The predicted octanol–water partition coefficient (Wildman–Crippen LogP) is 2.94. The van der Waals surface area contributed by atoms with Gasteiger partial charge in [-0.15, -0.1) is 0 Å². The molecule has 0 heterocycles. The van der Waals surface area contributed by atoms with Crippen LogP contribution in [0.2, 0.25) is 0 Å².